The molecular weight excluding hydrogens is 318 g/mol. The third-order valence-corrected chi connectivity index (χ3v) is 0.406. The van der Waals surface area contributed by atoms with E-state index in [0.717, 1.165) is 0 Å². The van der Waals surface area contributed by atoms with E-state index in [9.17, 15) is 0 Å². The standard InChI is InChI=1S/C3H4N2.BO3.Pt/c1-2-4-5-3-1;2-1(3)4;/h1-3H,(H,4,5);;/q;-3;. The van der Waals surface area contributed by atoms with Crippen molar-refractivity contribution in [3.63, 3.8) is 0 Å². The largest absolute Gasteiger partial charge is 0.907 e. The third kappa shape index (κ3) is 15.7. The second-order valence-corrected chi connectivity index (χ2v) is 1.06. The van der Waals surface area contributed by atoms with Gasteiger partial charge < -0.3 is 15.1 Å². The summed E-state index contributed by atoms with van der Waals surface area (Å²) in [6.07, 6.45) is 3.46. The first-order valence-corrected chi connectivity index (χ1v) is 2.14. The molecule has 0 spiro atoms. The van der Waals surface area contributed by atoms with E-state index in [-0.39, 0.29) is 21.1 Å². The van der Waals surface area contributed by atoms with Gasteiger partial charge in [0.05, 0.1) is 0 Å². The minimum atomic E-state index is -2.92. The minimum Gasteiger partial charge on any atom is -0.907 e. The first kappa shape index (κ1) is 12.5. The van der Waals surface area contributed by atoms with Crippen molar-refractivity contribution in [2.45, 2.75) is 0 Å². The molecule has 0 saturated heterocycles. The fourth-order valence-electron chi connectivity index (χ4n) is 0.215. The molecule has 0 atom stereocenters. The average molecular weight is 322 g/mol. The van der Waals surface area contributed by atoms with E-state index in [1.165, 1.54) is 0 Å². The Morgan fingerprint density at radius 2 is 1.80 bits per heavy atom. The molecule has 1 N–H and O–H groups in total. The van der Waals surface area contributed by atoms with Crippen LogP contribution in [-0.2, 0) is 21.1 Å². The molecule has 0 aromatic carbocycles. The number of hydrogen-bond donors (Lipinski definition) is 1. The van der Waals surface area contributed by atoms with Gasteiger partial charge in [-0.25, -0.2) is 0 Å². The molecule has 0 unspecified atom stereocenters. The molecule has 0 fully saturated rings. The maximum absolute atomic E-state index is 8.42. The van der Waals surface area contributed by atoms with Crippen LogP contribution in [-0.4, -0.2) is 17.5 Å². The maximum atomic E-state index is 8.42. The summed E-state index contributed by atoms with van der Waals surface area (Å²) in [6.45, 7) is 0. The van der Waals surface area contributed by atoms with Crippen molar-refractivity contribution in [3.05, 3.63) is 18.5 Å². The van der Waals surface area contributed by atoms with Crippen LogP contribution < -0.4 is 15.1 Å². The van der Waals surface area contributed by atoms with E-state index in [1.807, 2.05) is 6.07 Å². The van der Waals surface area contributed by atoms with Crippen molar-refractivity contribution < 1.29 is 36.1 Å². The van der Waals surface area contributed by atoms with Crippen LogP contribution in [0.4, 0.5) is 0 Å². The Hall–Kier alpha value is -0.157. The molecule has 7 heteroatoms. The summed E-state index contributed by atoms with van der Waals surface area (Å²) in [7, 11) is -2.92. The fourth-order valence-corrected chi connectivity index (χ4v) is 0.215. The van der Waals surface area contributed by atoms with E-state index in [4.69, 9.17) is 15.1 Å². The molecule has 0 aliphatic rings. The van der Waals surface area contributed by atoms with Gasteiger partial charge in [-0.15, -0.1) is 0 Å². The predicted molar refractivity (Wildman–Crippen MR) is 24.3 cm³/mol. The second-order valence-electron chi connectivity index (χ2n) is 1.06. The monoisotopic (exact) mass is 322 g/mol. The average Bonchev–Trinajstić information content (AvgIpc) is 2.11. The molecule has 1 aromatic rings. The van der Waals surface area contributed by atoms with Gasteiger partial charge in [-0.3, -0.25) is 12.4 Å². The molecule has 1 rings (SSSR count). The second kappa shape index (κ2) is 8.84. The molecule has 5 nitrogen and oxygen atoms in total. The van der Waals surface area contributed by atoms with E-state index in [2.05, 4.69) is 10.2 Å². The predicted octanol–water partition coefficient (Wildman–Crippen LogP) is -3.54. The van der Waals surface area contributed by atoms with Crippen molar-refractivity contribution in [2.75, 3.05) is 0 Å². The van der Waals surface area contributed by atoms with Gasteiger partial charge in [-0.05, 0) is 6.07 Å². The topological polar surface area (TPSA) is 97.9 Å². The minimum absolute atomic E-state index is 0. The number of aromatic amines is 1. The summed E-state index contributed by atoms with van der Waals surface area (Å²) >= 11 is 0. The van der Waals surface area contributed by atoms with Crippen LogP contribution in [0.1, 0.15) is 0 Å². The summed E-state index contributed by atoms with van der Waals surface area (Å²) in [5.74, 6) is 0. The molecule has 0 aliphatic heterocycles. The van der Waals surface area contributed by atoms with Crippen LogP contribution in [0.5, 0.6) is 0 Å². The van der Waals surface area contributed by atoms with Gasteiger partial charge in [0.25, 0.3) is 0 Å². The summed E-state index contributed by atoms with van der Waals surface area (Å²) in [5.41, 5.74) is 0. The molecule has 60 valence electrons. The molecule has 0 radical (unpaired) electrons. The maximum Gasteiger partial charge on any atom is 0.0487 e. The van der Waals surface area contributed by atoms with Crippen molar-refractivity contribution in [1.29, 1.82) is 0 Å². The Morgan fingerprint density at radius 1 is 1.30 bits per heavy atom. The van der Waals surface area contributed by atoms with Crippen LogP contribution in [0.15, 0.2) is 18.5 Å². The van der Waals surface area contributed by atoms with E-state index >= 15 is 0 Å². The zero-order chi connectivity index (χ0) is 7.11. The first-order valence-electron chi connectivity index (χ1n) is 2.14. The molecular formula is C3H4BN2O3Pt-3. The van der Waals surface area contributed by atoms with Gasteiger partial charge in [0.1, 0.15) is 0 Å². The summed E-state index contributed by atoms with van der Waals surface area (Å²) < 4.78 is 0. The molecule has 0 bridgehead atoms. The molecule has 0 saturated carbocycles. The number of H-pyrrole nitrogens is 1. The molecule has 0 amide bonds. The smallest absolute Gasteiger partial charge is 0.0487 e. The first-order chi connectivity index (χ1) is 4.23. The van der Waals surface area contributed by atoms with Crippen molar-refractivity contribution in [1.82, 2.24) is 10.2 Å². The van der Waals surface area contributed by atoms with Crippen LogP contribution in [0, 0.1) is 0 Å². The Bertz CT molecular complexity index is 105. The third-order valence-electron chi connectivity index (χ3n) is 0.406. The van der Waals surface area contributed by atoms with Crippen LogP contribution in [0.25, 0.3) is 0 Å². The van der Waals surface area contributed by atoms with E-state index < -0.39 is 7.32 Å². The van der Waals surface area contributed by atoms with Gasteiger partial charge in [0, 0.05) is 33.5 Å². The van der Waals surface area contributed by atoms with Crippen molar-refractivity contribution >= 4 is 7.32 Å². The van der Waals surface area contributed by atoms with Gasteiger partial charge in [0.15, 0.2) is 0 Å². The number of rotatable bonds is 0. The Labute approximate surface area is 72.5 Å². The van der Waals surface area contributed by atoms with Crippen LogP contribution in [0.3, 0.4) is 0 Å². The Morgan fingerprint density at radius 3 is 1.90 bits per heavy atom. The quantitative estimate of drug-likeness (QED) is 0.500. The van der Waals surface area contributed by atoms with Crippen molar-refractivity contribution in [3.8, 4) is 0 Å². The van der Waals surface area contributed by atoms with Gasteiger partial charge >= 0.3 is 0 Å². The fraction of sp³-hybridized carbons (Fsp3) is 0. The summed E-state index contributed by atoms with van der Waals surface area (Å²) in [4.78, 5) is 0. The van der Waals surface area contributed by atoms with Gasteiger partial charge in [-0.2, -0.15) is 5.10 Å². The summed E-state index contributed by atoms with van der Waals surface area (Å²) in [6, 6.07) is 1.83. The van der Waals surface area contributed by atoms with E-state index in [0.29, 0.717) is 0 Å². The Kier molecular flexibility index (Phi) is 11.1. The van der Waals surface area contributed by atoms with Gasteiger partial charge in [-0.1, -0.05) is 0 Å². The molecule has 0 aliphatic carbocycles. The van der Waals surface area contributed by atoms with Crippen LogP contribution in [0.2, 0.25) is 0 Å². The van der Waals surface area contributed by atoms with Gasteiger partial charge in [0.2, 0.25) is 0 Å². The molecule has 1 heterocycles. The SMILES string of the molecule is [O-]B([O-])[O-].[Pt].c1cn[nH]c1. The van der Waals surface area contributed by atoms with Crippen molar-refractivity contribution in [2.24, 2.45) is 0 Å². The number of aromatic nitrogens is 2. The number of nitrogens with zero attached hydrogens (tertiary/aromatic N) is 1. The number of nitrogens with one attached hydrogen (secondary N) is 1. The number of hydrogen-bond acceptors (Lipinski definition) is 4. The Balaban J connectivity index is 0. The zero-order valence-corrected chi connectivity index (χ0v) is 7.07. The normalized spacial score (nSPS) is 6.70. The van der Waals surface area contributed by atoms with E-state index in [1.54, 1.807) is 12.4 Å². The molecule has 10 heavy (non-hydrogen) atoms. The zero-order valence-electron chi connectivity index (χ0n) is 4.80. The summed E-state index contributed by atoms with van der Waals surface area (Å²) in [5, 5.41) is 31.5. The van der Waals surface area contributed by atoms with Crippen LogP contribution >= 0.6 is 0 Å². The molecule has 1 aromatic heterocycles.